The van der Waals surface area contributed by atoms with Crippen molar-refractivity contribution in [3.8, 4) is 11.1 Å². The standard InChI is InChI=1S/C53H78FN9O11/c1-13-41-52(9)53(63(68)74-52)42(47(53)56-22-21-55)32(5)43(59-67)29(2)25-51(8,70-12)48(33(6)44(64)34(7)49(66)72-41)73-50-45(65)39(24-31(4)71-50)61(10)23-20-38-28-62(60-58-38)40(26-54)46(69-11)36-18-16-35(17-19-36)37-15-14-30(3)57-27-37/h14-19,27-29,31-34,39-42,45-48,50,56,65H,13,20-26,55H2,1-12H3/p+1/b59-43+/t29-,31-,32-,33+,34-,39+,40-,41-,42+,45-,46-,47?,48-,50+,51-,52-,53?/m1/s1. The van der Waals surface area contributed by atoms with Crippen LogP contribution in [0.2, 0.25) is 0 Å². The number of ether oxygens (including phenoxy) is 5. The Balaban J connectivity index is 1.09. The van der Waals surface area contributed by atoms with E-state index >= 15 is 0 Å². The molecule has 2 aromatic heterocycles. The first-order chi connectivity index (χ1) is 35.2. The minimum atomic E-state index is -1.32. The number of likely N-dealkylation sites (N-methyl/N-ethyl adjacent to an activating group) is 1. The van der Waals surface area contributed by atoms with Crippen LogP contribution in [0.25, 0.3) is 11.1 Å². The molecule has 4 fully saturated rings. The van der Waals surface area contributed by atoms with Gasteiger partial charge in [-0.05, 0) is 78.1 Å². The minimum Gasteiger partial charge on any atom is -0.457 e. The number of halogens is 1. The van der Waals surface area contributed by atoms with Crippen molar-refractivity contribution in [3.63, 3.8) is 0 Å². The van der Waals surface area contributed by atoms with Crippen LogP contribution in [-0.4, -0.2) is 165 Å². The van der Waals surface area contributed by atoms with Crippen molar-refractivity contribution < 1.29 is 57.7 Å². The Hall–Kier alpha value is -4.87. The number of rotatable bonds is 17. The summed E-state index contributed by atoms with van der Waals surface area (Å²) in [6.07, 6.45) is -0.806. The first-order valence-corrected chi connectivity index (χ1v) is 26.0. The lowest BCUT2D eigenvalue weighted by Gasteiger charge is -2.47. The highest BCUT2D eigenvalue weighted by Crippen LogP contribution is 2.66. The van der Waals surface area contributed by atoms with Crippen LogP contribution >= 0.6 is 0 Å². The van der Waals surface area contributed by atoms with E-state index in [-0.39, 0.29) is 12.8 Å². The molecule has 1 aliphatic carbocycles. The van der Waals surface area contributed by atoms with Gasteiger partial charge >= 0.3 is 11.5 Å². The van der Waals surface area contributed by atoms with Gasteiger partial charge in [-0.3, -0.25) is 14.6 Å². The number of methoxy groups -OCH3 is 2. The van der Waals surface area contributed by atoms with Crippen LogP contribution in [-0.2, 0) is 44.5 Å². The number of nitrogens with zero attached hydrogens (tertiary/aromatic N) is 7. The van der Waals surface area contributed by atoms with Crippen molar-refractivity contribution in [2.75, 3.05) is 47.6 Å². The Morgan fingerprint density at radius 1 is 1.08 bits per heavy atom. The number of cyclic esters (lactones) is 1. The van der Waals surface area contributed by atoms with Gasteiger partial charge in [-0.15, -0.1) is 5.10 Å². The summed E-state index contributed by atoms with van der Waals surface area (Å²) in [4.78, 5) is 55.3. The number of carbonyl (C=O) groups is 2. The van der Waals surface area contributed by atoms with E-state index in [0.29, 0.717) is 48.8 Å². The number of nitrogens with two attached hydrogens (primary N) is 1. The Morgan fingerprint density at radius 2 is 1.78 bits per heavy atom. The number of hydrogen-bond acceptors (Lipinski definition) is 18. The van der Waals surface area contributed by atoms with Gasteiger partial charge in [0.25, 0.3) is 5.60 Å². The average Bonchev–Trinajstić information content (AvgIpc) is 3.92. The van der Waals surface area contributed by atoms with E-state index in [1.807, 2.05) is 89.2 Å². The third kappa shape index (κ3) is 10.5. The molecule has 21 heteroatoms. The molecule has 4 aliphatic rings. The largest absolute Gasteiger partial charge is 0.457 e. The first kappa shape index (κ1) is 56.8. The Kier molecular flexibility index (Phi) is 17.8. The molecule has 20 nitrogen and oxygen atoms in total. The highest BCUT2D eigenvalue weighted by molar-refractivity contribution is 6.00. The number of aliphatic hydroxyl groups excluding tert-OH is 1. The number of nitrogens with one attached hydrogen (secondary N) is 1. The number of hydrogen-bond donors (Lipinski definition) is 4. The van der Waals surface area contributed by atoms with E-state index in [0.717, 1.165) is 22.4 Å². The summed E-state index contributed by atoms with van der Waals surface area (Å²) in [7, 11) is 4.91. The van der Waals surface area contributed by atoms with Crippen molar-refractivity contribution in [1.29, 1.82) is 0 Å². The van der Waals surface area contributed by atoms with E-state index < -0.39 is 120 Å². The minimum absolute atomic E-state index is 0.149. The van der Waals surface area contributed by atoms with Gasteiger partial charge in [-0.1, -0.05) is 68.4 Å². The fourth-order valence-corrected chi connectivity index (χ4v) is 12.5. The molecule has 0 bridgehead atoms. The summed E-state index contributed by atoms with van der Waals surface area (Å²) in [5.41, 5.74) is 6.71. The number of alkyl halides is 1. The number of carbonyl (C=O) groups excluding carboxylic acids is 2. The van der Waals surface area contributed by atoms with Crippen LogP contribution in [0.4, 0.5) is 4.39 Å². The molecule has 1 spiro atoms. The van der Waals surface area contributed by atoms with Crippen molar-refractivity contribution in [3.05, 3.63) is 70.7 Å². The molecule has 3 aromatic rings. The van der Waals surface area contributed by atoms with Gasteiger partial charge in [0.15, 0.2) is 18.2 Å². The molecular weight excluding hydrogens is 958 g/mol. The maximum atomic E-state index is 14.9. The highest BCUT2D eigenvalue weighted by Gasteiger charge is 2.98. The maximum absolute atomic E-state index is 14.9. The number of aliphatic hydroxyl groups is 1. The van der Waals surface area contributed by atoms with Gasteiger partial charge in [0.05, 0.1) is 46.1 Å². The van der Waals surface area contributed by atoms with Gasteiger partial charge in [0, 0.05) is 87.7 Å². The van der Waals surface area contributed by atoms with Crippen molar-refractivity contribution in [1.82, 2.24) is 30.2 Å². The number of ketones is 1. The second-order valence-electron chi connectivity index (χ2n) is 21.5. The van der Waals surface area contributed by atoms with E-state index in [4.69, 9.17) is 34.3 Å². The van der Waals surface area contributed by atoms with Gasteiger partial charge < -0.3 is 49.9 Å². The molecule has 408 valence electrons. The highest BCUT2D eigenvalue weighted by atomic mass is 19.1. The second-order valence-corrected chi connectivity index (χ2v) is 21.5. The predicted octanol–water partition coefficient (Wildman–Crippen LogP) is 5.11. The molecule has 5 N–H and O–H groups in total. The number of benzene rings is 1. The molecule has 0 radical (unpaired) electrons. The van der Waals surface area contributed by atoms with Crippen LogP contribution in [0, 0.1) is 41.4 Å². The van der Waals surface area contributed by atoms with Crippen LogP contribution in [0.3, 0.4) is 0 Å². The average molecular weight is 1040 g/mol. The van der Waals surface area contributed by atoms with E-state index in [1.165, 1.54) is 18.7 Å². The third-order valence-electron chi connectivity index (χ3n) is 16.8. The lowest BCUT2D eigenvalue weighted by Crippen LogP contribution is -2.73. The normalized spacial score (nSPS) is 36.2. The molecule has 3 aliphatic heterocycles. The molecule has 1 aromatic carbocycles. The van der Waals surface area contributed by atoms with E-state index in [9.17, 15) is 29.2 Å². The summed E-state index contributed by atoms with van der Waals surface area (Å²) >= 11 is 0. The van der Waals surface area contributed by atoms with Gasteiger partial charge in [-0.2, -0.15) is 0 Å². The molecule has 7 rings (SSSR count). The first-order valence-electron chi connectivity index (χ1n) is 26.0. The van der Waals surface area contributed by atoms with Crippen LogP contribution in [0.1, 0.15) is 104 Å². The molecule has 1 saturated carbocycles. The fourth-order valence-electron chi connectivity index (χ4n) is 12.5. The molecule has 2 unspecified atom stereocenters. The molecule has 74 heavy (non-hydrogen) atoms. The van der Waals surface area contributed by atoms with Crippen molar-refractivity contribution >= 4 is 17.5 Å². The maximum Gasteiger partial charge on any atom is 0.336 e. The van der Waals surface area contributed by atoms with Crippen molar-refractivity contribution in [2.45, 2.75) is 160 Å². The Morgan fingerprint density at radius 3 is 2.38 bits per heavy atom. The molecule has 0 amide bonds. The summed E-state index contributed by atoms with van der Waals surface area (Å²) in [6.45, 7) is 16.4. The Bertz CT molecular complexity index is 2450. The van der Waals surface area contributed by atoms with Crippen molar-refractivity contribution in [2.24, 2.45) is 40.5 Å². The zero-order valence-corrected chi connectivity index (χ0v) is 45.0. The van der Waals surface area contributed by atoms with E-state index in [1.54, 1.807) is 34.1 Å². The number of esters is 1. The second kappa shape index (κ2) is 23.2. The van der Waals surface area contributed by atoms with E-state index in [2.05, 4.69) is 25.8 Å². The zero-order chi connectivity index (χ0) is 54.0. The number of oxime groups is 1. The lowest BCUT2D eigenvalue weighted by molar-refractivity contribution is -0.948. The van der Waals surface area contributed by atoms with Gasteiger partial charge in [0.2, 0.25) is 4.92 Å². The van der Waals surface area contributed by atoms with Gasteiger partial charge in [-0.25, -0.2) is 13.9 Å². The summed E-state index contributed by atoms with van der Waals surface area (Å²) in [5, 5.41) is 38.9. The number of pyridine rings is 1. The predicted molar refractivity (Wildman–Crippen MR) is 270 cm³/mol. The quantitative estimate of drug-likeness (QED) is 0.0594. The smallest absolute Gasteiger partial charge is 0.336 e. The van der Waals surface area contributed by atoms with Crippen LogP contribution in [0.5, 0.6) is 0 Å². The summed E-state index contributed by atoms with van der Waals surface area (Å²) in [5.74, 6) is -5.10. The van der Waals surface area contributed by atoms with Gasteiger partial charge in [0.1, 0.15) is 30.8 Å². The van der Waals surface area contributed by atoms with Crippen LogP contribution in [0.15, 0.2) is 53.9 Å². The summed E-state index contributed by atoms with van der Waals surface area (Å²) < 4.78 is 47.9. The SMILES string of the molecule is CC[C@H]1OC(=O)[C@H](C)C(=O)[C@H](C)[C@@H](O[C@@H]2O[C@H](C)C[C@H](N(C)CCc3cn([C@H](CF)[C@H](OC)c4ccc(-c5ccc(C)nc5)cc4)nn3)[C@H]2O)[C@](C)(OC)C[C@@H](C)/C(=N\O)[C@H](C)[C@H]2C(NCCN)C23[N+](=O)O[C@]13C. The third-order valence-corrected chi connectivity index (χ3v) is 16.8. The topological polar surface area (TPSA) is 247 Å². The molecule has 5 heterocycles. The molecule has 17 atom stereocenters. The Labute approximate surface area is 433 Å². The summed E-state index contributed by atoms with van der Waals surface area (Å²) in [6, 6.07) is 9.95. The number of aromatic nitrogens is 4. The number of aryl methyl sites for hydroxylation is 1. The fraction of sp³-hybridized carbons (Fsp3) is 0.698. The molecular formula is C53H79FN9O11+. The molecule has 3 saturated heterocycles. The lowest BCUT2D eigenvalue weighted by atomic mass is 9.75. The monoisotopic (exact) mass is 1040 g/mol. The van der Waals surface area contributed by atoms with Crippen LogP contribution < -0.4 is 11.1 Å². The number of Topliss-reactive ketones (excluding diaryl/α,β-unsaturated/α-hetero) is 1. The zero-order valence-electron chi connectivity index (χ0n) is 45.0.